The molecule has 0 radical (unpaired) electrons. The first-order valence-corrected chi connectivity index (χ1v) is 10.6. The smallest absolute Gasteiger partial charge is 0.244 e. The summed E-state index contributed by atoms with van der Waals surface area (Å²) < 4.78 is 28.2. The second kappa shape index (κ2) is 8.05. The Morgan fingerprint density at radius 2 is 1.71 bits per heavy atom. The SMILES string of the molecule is CC(=O)Nc1ccc(S(=O)(=O)N[C@H](C)C(=O)Nc2nc3ccccc3s2)cc1. The minimum Gasteiger partial charge on any atom is -0.326 e. The lowest BCUT2D eigenvalue weighted by molar-refractivity contribution is -0.117. The Bertz CT molecular complexity index is 1090. The van der Waals surface area contributed by atoms with Gasteiger partial charge in [0.2, 0.25) is 21.8 Å². The summed E-state index contributed by atoms with van der Waals surface area (Å²) in [5.41, 5.74) is 1.24. The Kier molecular flexibility index (Phi) is 5.73. The van der Waals surface area contributed by atoms with E-state index in [0.717, 1.165) is 10.2 Å². The van der Waals surface area contributed by atoms with Crippen LogP contribution in [0.2, 0.25) is 0 Å². The largest absolute Gasteiger partial charge is 0.326 e. The number of rotatable bonds is 6. The normalized spacial score (nSPS) is 12.5. The van der Waals surface area contributed by atoms with Crippen LogP contribution in [0.5, 0.6) is 0 Å². The van der Waals surface area contributed by atoms with Crippen molar-refractivity contribution in [1.82, 2.24) is 9.71 Å². The molecule has 0 saturated carbocycles. The zero-order valence-electron chi connectivity index (χ0n) is 15.1. The van der Waals surface area contributed by atoms with Gasteiger partial charge in [-0.1, -0.05) is 23.5 Å². The van der Waals surface area contributed by atoms with Gasteiger partial charge in [0.05, 0.1) is 21.2 Å². The van der Waals surface area contributed by atoms with Crippen molar-refractivity contribution in [2.75, 3.05) is 10.6 Å². The van der Waals surface area contributed by atoms with E-state index in [2.05, 4.69) is 20.3 Å². The molecule has 0 unspecified atom stereocenters. The van der Waals surface area contributed by atoms with Gasteiger partial charge in [-0.3, -0.25) is 9.59 Å². The number of fused-ring (bicyclic) bond motifs is 1. The molecule has 28 heavy (non-hydrogen) atoms. The van der Waals surface area contributed by atoms with E-state index >= 15 is 0 Å². The van der Waals surface area contributed by atoms with E-state index < -0.39 is 22.0 Å². The standard InChI is InChI=1S/C18H18N4O4S2/c1-11(17(24)21-18-20-15-5-3-4-6-16(15)27-18)22-28(25,26)14-9-7-13(8-10-14)19-12(2)23/h3-11,22H,1-2H3,(H,19,23)(H,20,21,24)/t11-/m1/s1. The van der Waals surface area contributed by atoms with E-state index in [4.69, 9.17) is 0 Å². The van der Waals surface area contributed by atoms with Crippen LogP contribution in [-0.4, -0.2) is 31.3 Å². The molecular weight excluding hydrogens is 400 g/mol. The van der Waals surface area contributed by atoms with Gasteiger partial charge in [0.15, 0.2) is 5.13 Å². The van der Waals surface area contributed by atoms with Crippen LogP contribution in [0.1, 0.15) is 13.8 Å². The molecule has 0 spiro atoms. The maximum absolute atomic E-state index is 12.5. The predicted molar refractivity (Wildman–Crippen MR) is 109 cm³/mol. The molecule has 3 rings (SSSR count). The van der Waals surface area contributed by atoms with Crippen LogP contribution in [0.15, 0.2) is 53.4 Å². The predicted octanol–water partition coefficient (Wildman–Crippen LogP) is 2.56. The van der Waals surface area contributed by atoms with E-state index in [-0.39, 0.29) is 10.8 Å². The molecule has 0 fully saturated rings. The van der Waals surface area contributed by atoms with E-state index in [9.17, 15) is 18.0 Å². The van der Waals surface area contributed by atoms with Crippen LogP contribution < -0.4 is 15.4 Å². The van der Waals surface area contributed by atoms with Crippen molar-refractivity contribution in [3.05, 3.63) is 48.5 Å². The first-order valence-electron chi connectivity index (χ1n) is 8.31. The summed E-state index contributed by atoms with van der Waals surface area (Å²) in [6, 6.07) is 12.1. The van der Waals surface area contributed by atoms with Crippen molar-refractivity contribution < 1.29 is 18.0 Å². The van der Waals surface area contributed by atoms with Gasteiger partial charge < -0.3 is 10.6 Å². The zero-order chi connectivity index (χ0) is 20.3. The number of para-hydroxylation sites is 1. The maximum Gasteiger partial charge on any atom is 0.244 e. The number of carbonyl (C=O) groups is 2. The molecule has 3 aromatic rings. The Morgan fingerprint density at radius 1 is 1.04 bits per heavy atom. The third-order valence-corrected chi connectivity index (χ3v) is 6.24. The lowest BCUT2D eigenvalue weighted by Crippen LogP contribution is -2.41. The molecule has 1 heterocycles. The second-order valence-electron chi connectivity index (χ2n) is 6.02. The van der Waals surface area contributed by atoms with E-state index in [0.29, 0.717) is 10.8 Å². The van der Waals surface area contributed by atoms with E-state index in [1.165, 1.54) is 49.4 Å². The number of hydrogen-bond acceptors (Lipinski definition) is 6. The van der Waals surface area contributed by atoms with Crippen molar-refractivity contribution in [3.63, 3.8) is 0 Å². The van der Waals surface area contributed by atoms with Crippen molar-refractivity contribution in [3.8, 4) is 0 Å². The van der Waals surface area contributed by atoms with Crippen molar-refractivity contribution in [1.29, 1.82) is 0 Å². The molecule has 146 valence electrons. The van der Waals surface area contributed by atoms with Gasteiger partial charge in [0.25, 0.3) is 0 Å². The Labute approximate surface area is 166 Å². The average Bonchev–Trinajstić information content (AvgIpc) is 3.03. The fraction of sp³-hybridized carbons (Fsp3) is 0.167. The first kappa shape index (κ1) is 19.9. The van der Waals surface area contributed by atoms with Crippen molar-refractivity contribution >= 4 is 54.2 Å². The van der Waals surface area contributed by atoms with Gasteiger partial charge in [-0.05, 0) is 43.3 Å². The van der Waals surface area contributed by atoms with Gasteiger partial charge in [-0.25, -0.2) is 13.4 Å². The molecular formula is C18H18N4O4S2. The molecule has 0 bridgehead atoms. The molecule has 1 aromatic heterocycles. The molecule has 2 amide bonds. The van der Waals surface area contributed by atoms with Crippen molar-refractivity contribution in [2.45, 2.75) is 24.8 Å². The van der Waals surface area contributed by atoms with Gasteiger partial charge in [0, 0.05) is 12.6 Å². The molecule has 2 aromatic carbocycles. The number of amides is 2. The average molecular weight is 419 g/mol. The summed E-state index contributed by atoms with van der Waals surface area (Å²) in [4.78, 5) is 27.7. The zero-order valence-corrected chi connectivity index (χ0v) is 16.7. The summed E-state index contributed by atoms with van der Waals surface area (Å²) in [6.45, 7) is 2.81. The number of benzene rings is 2. The number of thiazole rings is 1. The number of nitrogens with one attached hydrogen (secondary N) is 3. The summed E-state index contributed by atoms with van der Waals surface area (Å²) in [5, 5.41) is 5.59. The summed E-state index contributed by atoms with van der Waals surface area (Å²) in [6.07, 6.45) is 0. The van der Waals surface area contributed by atoms with Crippen LogP contribution in [0.3, 0.4) is 0 Å². The van der Waals surface area contributed by atoms with Crippen LogP contribution in [0.4, 0.5) is 10.8 Å². The third kappa shape index (κ3) is 4.71. The highest BCUT2D eigenvalue weighted by Gasteiger charge is 2.23. The van der Waals surface area contributed by atoms with E-state index in [1.807, 2.05) is 24.3 Å². The van der Waals surface area contributed by atoms with Gasteiger partial charge in [0.1, 0.15) is 0 Å². The minimum atomic E-state index is -3.91. The lowest BCUT2D eigenvalue weighted by Gasteiger charge is -2.13. The molecule has 0 saturated heterocycles. The summed E-state index contributed by atoms with van der Waals surface area (Å²) in [7, 11) is -3.91. The second-order valence-corrected chi connectivity index (χ2v) is 8.77. The highest BCUT2D eigenvalue weighted by atomic mass is 32.2. The number of sulfonamides is 1. The molecule has 0 aliphatic rings. The molecule has 8 nitrogen and oxygen atoms in total. The monoisotopic (exact) mass is 418 g/mol. The minimum absolute atomic E-state index is 0.0127. The Morgan fingerprint density at radius 3 is 2.36 bits per heavy atom. The number of hydrogen-bond donors (Lipinski definition) is 3. The number of anilines is 2. The Balaban J connectivity index is 1.67. The van der Waals surface area contributed by atoms with Crippen LogP contribution in [-0.2, 0) is 19.6 Å². The highest BCUT2D eigenvalue weighted by molar-refractivity contribution is 7.89. The van der Waals surface area contributed by atoms with Gasteiger partial charge in [-0.15, -0.1) is 0 Å². The first-order chi connectivity index (χ1) is 13.2. The Hall–Kier alpha value is -2.82. The summed E-state index contributed by atoms with van der Waals surface area (Å²) in [5.74, 6) is -0.772. The quantitative estimate of drug-likeness (QED) is 0.569. The maximum atomic E-state index is 12.5. The van der Waals surface area contributed by atoms with Crippen LogP contribution in [0.25, 0.3) is 10.2 Å². The van der Waals surface area contributed by atoms with Gasteiger partial charge in [-0.2, -0.15) is 4.72 Å². The fourth-order valence-electron chi connectivity index (χ4n) is 2.41. The highest BCUT2D eigenvalue weighted by Crippen LogP contribution is 2.25. The number of carbonyl (C=O) groups excluding carboxylic acids is 2. The third-order valence-electron chi connectivity index (χ3n) is 3.73. The molecule has 3 N–H and O–H groups in total. The van der Waals surface area contributed by atoms with Crippen LogP contribution >= 0.6 is 11.3 Å². The molecule has 0 aliphatic heterocycles. The number of nitrogens with zero attached hydrogens (tertiary/aromatic N) is 1. The molecule has 1 atom stereocenters. The van der Waals surface area contributed by atoms with Crippen molar-refractivity contribution in [2.24, 2.45) is 0 Å². The molecule has 0 aliphatic carbocycles. The van der Waals surface area contributed by atoms with Crippen LogP contribution in [0, 0.1) is 0 Å². The lowest BCUT2D eigenvalue weighted by atomic mass is 10.3. The summed E-state index contributed by atoms with van der Waals surface area (Å²) >= 11 is 1.31. The number of aromatic nitrogens is 1. The fourth-order valence-corrected chi connectivity index (χ4v) is 4.49. The topological polar surface area (TPSA) is 117 Å². The molecule has 10 heteroatoms. The van der Waals surface area contributed by atoms with E-state index in [1.54, 1.807) is 0 Å². The van der Waals surface area contributed by atoms with Gasteiger partial charge >= 0.3 is 0 Å².